The standard InChI is InChI=1S/C18H16BrN3O3S/c1-22(10-16(23)20-13-7-3-2-6-12(13)19)17(24)11-26-18-21-14-8-4-5-9-15(14)25-18/h2-9H,10-11H2,1H3,(H,20,23). The first-order valence-corrected chi connectivity index (χ1v) is 9.57. The van der Waals surface area contributed by atoms with Crippen LogP contribution in [0.25, 0.3) is 11.1 Å². The zero-order chi connectivity index (χ0) is 18.5. The molecule has 0 spiro atoms. The monoisotopic (exact) mass is 433 g/mol. The number of rotatable bonds is 6. The van der Waals surface area contributed by atoms with Crippen molar-refractivity contribution in [3.63, 3.8) is 0 Å². The van der Waals surface area contributed by atoms with E-state index in [0.29, 0.717) is 16.5 Å². The number of fused-ring (bicyclic) bond motifs is 1. The molecule has 1 aromatic heterocycles. The summed E-state index contributed by atoms with van der Waals surface area (Å²) in [5.41, 5.74) is 2.10. The zero-order valence-electron chi connectivity index (χ0n) is 13.9. The molecule has 0 unspecified atom stereocenters. The number of thioether (sulfide) groups is 1. The van der Waals surface area contributed by atoms with E-state index in [4.69, 9.17) is 4.42 Å². The van der Waals surface area contributed by atoms with E-state index in [1.54, 1.807) is 13.1 Å². The fourth-order valence-corrected chi connectivity index (χ4v) is 3.37. The number of likely N-dealkylation sites (N-methyl/N-ethyl adjacent to an activating group) is 1. The minimum absolute atomic E-state index is 0.0334. The zero-order valence-corrected chi connectivity index (χ0v) is 16.3. The lowest BCUT2D eigenvalue weighted by Crippen LogP contribution is -2.36. The Hall–Kier alpha value is -2.32. The van der Waals surface area contributed by atoms with Gasteiger partial charge < -0.3 is 14.6 Å². The van der Waals surface area contributed by atoms with Gasteiger partial charge in [-0.25, -0.2) is 4.98 Å². The minimum Gasteiger partial charge on any atom is -0.431 e. The lowest BCUT2D eigenvalue weighted by Gasteiger charge is -2.16. The Kier molecular flexibility index (Phi) is 5.95. The normalized spacial score (nSPS) is 10.7. The number of amides is 2. The molecule has 2 amide bonds. The summed E-state index contributed by atoms with van der Waals surface area (Å²) in [7, 11) is 1.59. The molecular weight excluding hydrogens is 418 g/mol. The Morgan fingerprint density at radius 2 is 1.92 bits per heavy atom. The second-order valence-electron chi connectivity index (χ2n) is 5.51. The lowest BCUT2D eigenvalue weighted by molar-refractivity contribution is -0.131. The number of aromatic nitrogens is 1. The molecule has 1 heterocycles. The maximum absolute atomic E-state index is 12.2. The molecule has 0 saturated carbocycles. The number of carbonyl (C=O) groups is 2. The van der Waals surface area contributed by atoms with Crippen LogP contribution in [0.15, 0.2) is 62.6 Å². The molecule has 0 fully saturated rings. The lowest BCUT2D eigenvalue weighted by atomic mass is 10.3. The molecule has 8 heteroatoms. The highest BCUT2D eigenvalue weighted by atomic mass is 79.9. The van der Waals surface area contributed by atoms with Gasteiger partial charge in [0.2, 0.25) is 11.8 Å². The average molecular weight is 434 g/mol. The number of carbonyl (C=O) groups excluding carboxylic acids is 2. The molecule has 26 heavy (non-hydrogen) atoms. The molecule has 3 rings (SSSR count). The van der Waals surface area contributed by atoms with Gasteiger partial charge in [-0.3, -0.25) is 9.59 Å². The fourth-order valence-electron chi connectivity index (χ4n) is 2.20. The van der Waals surface area contributed by atoms with E-state index in [-0.39, 0.29) is 24.1 Å². The van der Waals surface area contributed by atoms with Gasteiger partial charge in [0.25, 0.3) is 5.22 Å². The topological polar surface area (TPSA) is 75.4 Å². The number of nitrogens with zero attached hydrogens (tertiary/aromatic N) is 2. The summed E-state index contributed by atoms with van der Waals surface area (Å²) >= 11 is 4.58. The average Bonchev–Trinajstić information content (AvgIpc) is 3.04. The van der Waals surface area contributed by atoms with Crippen molar-refractivity contribution < 1.29 is 14.0 Å². The van der Waals surface area contributed by atoms with Crippen LogP contribution in [-0.2, 0) is 9.59 Å². The third-order valence-corrected chi connectivity index (χ3v) is 5.05. The van der Waals surface area contributed by atoms with E-state index >= 15 is 0 Å². The quantitative estimate of drug-likeness (QED) is 0.598. The Morgan fingerprint density at radius 1 is 1.19 bits per heavy atom. The van der Waals surface area contributed by atoms with Gasteiger partial charge in [0, 0.05) is 11.5 Å². The molecule has 6 nitrogen and oxygen atoms in total. The summed E-state index contributed by atoms with van der Waals surface area (Å²) in [5.74, 6) is -0.301. The van der Waals surface area contributed by atoms with Crippen LogP contribution < -0.4 is 5.32 Å². The van der Waals surface area contributed by atoms with Gasteiger partial charge in [-0.05, 0) is 40.2 Å². The number of oxazole rings is 1. The van der Waals surface area contributed by atoms with E-state index in [0.717, 1.165) is 9.99 Å². The van der Waals surface area contributed by atoms with Crippen molar-refractivity contribution >= 4 is 56.3 Å². The fraction of sp³-hybridized carbons (Fsp3) is 0.167. The number of para-hydroxylation sites is 3. The molecule has 0 aliphatic carbocycles. The summed E-state index contributed by atoms with van der Waals surface area (Å²) in [5, 5.41) is 3.21. The number of hydrogen-bond donors (Lipinski definition) is 1. The number of benzene rings is 2. The maximum atomic E-state index is 12.2. The van der Waals surface area contributed by atoms with Crippen molar-refractivity contribution in [2.45, 2.75) is 5.22 Å². The Labute approximate surface area is 163 Å². The first-order chi connectivity index (χ1) is 12.5. The molecule has 134 valence electrons. The minimum atomic E-state index is -0.264. The SMILES string of the molecule is CN(CC(=O)Nc1ccccc1Br)C(=O)CSc1nc2ccccc2o1. The third-order valence-electron chi connectivity index (χ3n) is 3.55. The summed E-state index contributed by atoms with van der Waals surface area (Å²) in [6.07, 6.45) is 0. The highest BCUT2D eigenvalue weighted by Gasteiger charge is 2.16. The van der Waals surface area contributed by atoms with Crippen LogP contribution in [0, 0.1) is 0 Å². The third kappa shape index (κ3) is 4.64. The summed E-state index contributed by atoms with van der Waals surface area (Å²) in [6.45, 7) is -0.0334. The van der Waals surface area contributed by atoms with Gasteiger partial charge in [-0.2, -0.15) is 0 Å². The van der Waals surface area contributed by atoms with Crippen molar-refractivity contribution in [1.29, 1.82) is 0 Å². The van der Waals surface area contributed by atoms with Gasteiger partial charge in [0.1, 0.15) is 5.52 Å². The first-order valence-electron chi connectivity index (χ1n) is 7.79. The second-order valence-corrected chi connectivity index (χ2v) is 7.29. The second kappa shape index (κ2) is 8.37. The Morgan fingerprint density at radius 3 is 2.69 bits per heavy atom. The molecule has 0 aliphatic rings. The van der Waals surface area contributed by atoms with E-state index in [2.05, 4.69) is 26.2 Å². The van der Waals surface area contributed by atoms with Gasteiger partial charge >= 0.3 is 0 Å². The van der Waals surface area contributed by atoms with E-state index in [1.807, 2.05) is 42.5 Å². The molecule has 0 saturated heterocycles. The largest absolute Gasteiger partial charge is 0.431 e. The number of nitrogens with one attached hydrogen (secondary N) is 1. The summed E-state index contributed by atoms with van der Waals surface area (Å²) < 4.78 is 6.35. The molecule has 0 bridgehead atoms. The van der Waals surface area contributed by atoms with E-state index < -0.39 is 0 Å². The Bertz CT molecular complexity index is 911. The van der Waals surface area contributed by atoms with Gasteiger partial charge in [-0.1, -0.05) is 36.0 Å². The highest BCUT2D eigenvalue weighted by molar-refractivity contribution is 9.10. The van der Waals surface area contributed by atoms with Gasteiger partial charge in [-0.15, -0.1) is 0 Å². The van der Waals surface area contributed by atoms with Gasteiger partial charge in [0.15, 0.2) is 5.58 Å². The number of hydrogen-bond acceptors (Lipinski definition) is 5. The Balaban J connectivity index is 1.51. The number of halogens is 1. The highest BCUT2D eigenvalue weighted by Crippen LogP contribution is 2.23. The maximum Gasteiger partial charge on any atom is 0.257 e. The van der Waals surface area contributed by atoms with Crippen LogP contribution in [0.5, 0.6) is 0 Å². The summed E-state index contributed by atoms with van der Waals surface area (Å²) in [4.78, 5) is 30.0. The molecule has 3 aromatic rings. The van der Waals surface area contributed by atoms with Crippen LogP contribution >= 0.6 is 27.7 Å². The first kappa shape index (κ1) is 18.5. The molecule has 2 aromatic carbocycles. The molecular formula is C18H16BrN3O3S. The van der Waals surface area contributed by atoms with Crippen molar-refractivity contribution in [2.75, 3.05) is 24.7 Å². The van der Waals surface area contributed by atoms with Crippen molar-refractivity contribution in [2.24, 2.45) is 0 Å². The predicted octanol–water partition coefficient (Wildman–Crippen LogP) is 3.78. The van der Waals surface area contributed by atoms with E-state index in [1.165, 1.54) is 16.7 Å². The van der Waals surface area contributed by atoms with Crippen LogP contribution in [0.3, 0.4) is 0 Å². The van der Waals surface area contributed by atoms with Crippen molar-refractivity contribution in [3.05, 3.63) is 53.0 Å². The molecule has 0 radical (unpaired) electrons. The number of anilines is 1. The predicted molar refractivity (Wildman–Crippen MR) is 105 cm³/mol. The van der Waals surface area contributed by atoms with Crippen LogP contribution in [0.2, 0.25) is 0 Å². The van der Waals surface area contributed by atoms with Crippen LogP contribution in [0.4, 0.5) is 5.69 Å². The van der Waals surface area contributed by atoms with Crippen LogP contribution in [0.1, 0.15) is 0 Å². The van der Waals surface area contributed by atoms with Crippen molar-refractivity contribution in [3.8, 4) is 0 Å². The van der Waals surface area contributed by atoms with Crippen molar-refractivity contribution in [1.82, 2.24) is 9.88 Å². The smallest absolute Gasteiger partial charge is 0.257 e. The molecule has 0 atom stereocenters. The van der Waals surface area contributed by atoms with Crippen LogP contribution in [-0.4, -0.2) is 41.0 Å². The van der Waals surface area contributed by atoms with E-state index in [9.17, 15) is 9.59 Å². The molecule has 1 N–H and O–H groups in total. The van der Waals surface area contributed by atoms with Gasteiger partial charge in [0.05, 0.1) is 18.0 Å². The molecule has 0 aliphatic heterocycles. The summed E-state index contributed by atoms with van der Waals surface area (Å²) in [6, 6.07) is 14.7.